The van der Waals surface area contributed by atoms with Crippen molar-refractivity contribution in [3.63, 3.8) is 0 Å². The van der Waals surface area contributed by atoms with E-state index < -0.39 is 15.6 Å². The number of methoxy groups -OCH3 is 1. The average molecular weight is 452 g/mol. The number of fused-ring (bicyclic) bond motifs is 3. The highest BCUT2D eigenvalue weighted by atomic mass is 79.9. The normalized spacial score (nSPS) is 17.6. The minimum Gasteiger partial charge on any atom is -0.456 e. The van der Waals surface area contributed by atoms with Crippen LogP contribution in [0.25, 0.3) is 21.9 Å². The Bertz CT molecular complexity index is 1080. The maximum absolute atomic E-state index is 13.1. The molecule has 144 valence electrons. The monoisotopic (exact) mass is 451 g/mol. The molecule has 1 saturated carbocycles. The number of halogens is 1. The van der Waals surface area contributed by atoms with E-state index in [1.54, 1.807) is 19.2 Å². The quantitative estimate of drug-likeness (QED) is 0.593. The SMILES string of the molecule is COCC1(NS(=O)(=O)c2ccc3c(c2)oc2ccc(Br)cc23)CCCCC1. The summed E-state index contributed by atoms with van der Waals surface area (Å²) in [6.07, 6.45) is 4.72. The van der Waals surface area contributed by atoms with Crippen LogP contribution in [0.1, 0.15) is 32.1 Å². The van der Waals surface area contributed by atoms with Crippen LogP contribution in [0.3, 0.4) is 0 Å². The number of furan rings is 1. The summed E-state index contributed by atoms with van der Waals surface area (Å²) in [4.78, 5) is 0.217. The summed E-state index contributed by atoms with van der Waals surface area (Å²) in [6, 6.07) is 10.8. The maximum Gasteiger partial charge on any atom is 0.241 e. The summed E-state index contributed by atoms with van der Waals surface area (Å²) in [5.41, 5.74) is 0.772. The van der Waals surface area contributed by atoms with Gasteiger partial charge in [0.05, 0.1) is 17.0 Å². The van der Waals surface area contributed by atoms with Gasteiger partial charge in [0, 0.05) is 28.4 Å². The number of benzene rings is 2. The number of hydrogen-bond acceptors (Lipinski definition) is 4. The maximum atomic E-state index is 13.1. The lowest BCUT2D eigenvalue weighted by Crippen LogP contribution is -2.52. The van der Waals surface area contributed by atoms with E-state index in [4.69, 9.17) is 9.15 Å². The van der Waals surface area contributed by atoms with Gasteiger partial charge in [-0.25, -0.2) is 13.1 Å². The van der Waals surface area contributed by atoms with Crippen LogP contribution in [0.15, 0.2) is 50.2 Å². The van der Waals surface area contributed by atoms with Crippen LogP contribution in [0, 0.1) is 0 Å². The third kappa shape index (κ3) is 3.66. The van der Waals surface area contributed by atoms with Crippen molar-refractivity contribution in [1.82, 2.24) is 4.72 Å². The first kappa shape index (κ1) is 18.9. The minimum atomic E-state index is -3.68. The average Bonchev–Trinajstić information content (AvgIpc) is 2.99. The lowest BCUT2D eigenvalue weighted by molar-refractivity contribution is 0.0972. The van der Waals surface area contributed by atoms with Gasteiger partial charge in [0.25, 0.3) is 0 Å². The molecule has 1 heterocycles. The number of rotatable bonds is 5. The van der Waals surface area contributed by atoms with Crippen molar-refractivity contribution in [2.45, 2.75) is 42.5 Å². The number of sulfonamides is 1. The van der Waals surface area contributed by atoms with Gasteiger partial charge >= 0.3 is 0 Å². The van der Waals surface area contributed by atoms with Crippen molar-refractivity contribution in [2.24, 2.45) is 0 Å². The van der Waals surface area contributed by atoms with Crippen LogP contribution in [0.5, 0.6) is 0 Å². The Hall–Kier alpha value is -1.41. The van der Waals surface area contributed by atoms with Crippen molar-refractivity contribution in [2.75, 3.05) is 13.7 Å². The van der Waals surface area contributed by atoms with Crippen molar-refractivity contribution in [3.05, 3.63) is 40.9 Å². The molecule has 3 aromatic rings. The van der Waals surface area contributed by atoms with E-state index in [1.165, 1.54) is 0 Å². The molecule has 1 aliphatic rings. The van der Waals surface area contributed by atoms with Gasteiger partial charge in [-0.3, -0.25) is 0 Å². The molecular formula is C20H22BrNO4S. The molecule has 0 amide bonds. The largest absolute Gasteiger partial charge is 0.456 e. The van der Waals surface area contributed by atoms with E-state index in [-0.39, 0.29) is 4.90 Å². The van der Waals surface area contributed by atoms with E-state index >= 15 is 0 Å². The molecule has 2 aromatic carbocycles. The van der Waals surface area contributed by atoms with Crippen LogP contribution in [-0.2, 0) is 14.8 Å². The number of hydrogen-bond donors (Lipinski definition) is 1. The Kier molecular flexibility index (Phi) is 5.05. The predicted octanol–water partition coefficient (Wildman–Crippen LogP) is 4.98. The van der Waals surface area contributed by atoms with E-state index in [2.05, 4.69) is 20.7 Å². The minimum absolute atomic E-state index is 0.217. The number of ether oxygens (including phenoxy) is 1. The molecule has 5 nitrogen and oxygen atoms in total. The molecule has 0 bridgehead atoms. The molecule has 0 radical (unpaired) electrons. The Morgan fingerprint density at radius 1 is 1.07 bits per heavy atom. The molecule has 0 atom stereocenters. The first-order valence-electron chi connectivity index (χ1n) is 9.07. The molecule has 27 heavy (non-hydrogen) atoms. The highest BCUT2D eigenvalue weighted by Crippen LogP contribution is 2.34. The Morgan fingerprint density at radius 3 is 2.59 bits per heavy atom. The van der Waals surface area contributed by atoms with Crippen molar-refractivity contribution < 1.29 is 17.6 Å². The second kappa shape index (κ2) is 7.20. The van der Waals surface area contributed by atoms with Crippen LogP contribution in [-0.4, -0.2) is 27.7 Å². The summed E-state index contributed by atoms with van der Waals surface area (Å²) in [5, 5.41) is 1.86. The molecule has 0 unspecified atom stereocenters. The molecule has 0 spiro atoms. The van der Waals surface area contributed by atoms with Gasteiger partial charge < -0.3 is 9.15 Å². The molecule has 1 N–H and O–H groups in total. The summed E-state index contributed by atoms with van der Waals surface area (Å²) in [6.45, 7) is 0.382. The van der Waals surface area contributed by atoms with E-state index in [0.717, 1.165) is 52.9 Å². The van der Waals surface area contributed by atoms with E-state index in [9.17, 15) is 8.42 Å². The summed E-state index contributed by atoms with van der Waals surface area (Å²) >= 11 is 3.47. The zero-order valence-electron chi connectivity index (χ0n) is 15.1. The Labute approximate surface area is 167 Å². The van der Waals surface area contributed by atoms with Gasteiger partial charge in [0.15, 0.2) is 0 Å². The molecule has 1 aliphatic carbocycles. The second-order valence-corrected chi connectivity index (χ2v) is 9.88. The van der Waals surface area contributed by atoms with E-state index in [0.29, 0.717) is 12.2 Å². The standard InChI is InChI=1S/C20H22BrNO4S/c1-25-13-20(9-3-2-4-10-20)22-27(23,24)15-6-7-16-17-11-14(21)5-8-18(17)26-19(16)12-15/h5-8,11-12,22H,2-4,9-10,13H2,1H3. The van der Waals surface area contributed by atoms with Crippen molar-refractivity contribution in [1.29, 1.82) is 0 Å². The van der Waals surface area contributed by atoms with Gasteiger partial charge in [-0.2, -0.15) is 0 Å². The highest BCUT2D eigenvalue weighted by molar-refractivity contribution is 9.10. The number of nitrogens with one attached hydrogen (secondary N) is 1. The smallest absolute Gasteiger partial charge is 0.241 e. The molecule has 7 heteroatoms. The van der Waals surface area contributed by atoms with Crippen molar-refractivity contribution >= 4 is 47.9 Å². The molecular weight excluding hydrogens is 430 g/mol. The first-order valence-corrected chi connectivity index (χ1v) is 11.3. The molecule has 0 saturated heterocycles. The van der Waals surface area contributed by atoms with Crippen molar-refractivity contribution in [3.8, 4) is 0 Å². The van der Waals surface area contributed by atoms with Gasteiger partial charge in [0.2, 0.25) is 10.0 Å². The van der Waals surface area contributed by atoms with Gasteiger partial charge in [0.1, 0.15) is 11.2 Å². The molecule has 0 aliphatic heterocycles. The Morgan fingerprint density at radius 2 is 1.85 bits per heavy atom. The second-order valence-electron chi connectivity index (χ2n) is 7.28. The fourth-order valence-corrected chi connectivity index (χ4v) is 5.84. The van der Waals surface area contributed by atoms with Crippen LogP contribution in [0.4, 0.5) is 0 Å². The third-order valence-electron chi connectivity index (χ3n) is 5.30. The summed E-state index contributed by atoms with van der Waals surface area (Å²) in [5.74, 6) is 0. The van der Waals surface area contributed by atoms with Gasteiger partial charge in [-0.1, -0.05) is 35.2 Å². The first-order chi connectivity index (χ1) is 12.9. The zero-order valence-corrected chi connectivity index (χ0v) is 17.5. The third-order valence-corrected chi connectivity index (χ3v) is 7.37. The zero-order chi connectivity index (χ0) is 19.1. The molecule has 1 aromatic heterocycles. The van der Waals surface area contributed by atoms with Crippen LogP contribution >= 0.6 is 15.9 Å². The van der Waals surface area contributed by atoms with E-state index in [1.807, 2.05) is 24.3 Å². The van der Waals surface area contributed by atoms with Gasteiger partial charge in [-0.05, 0) is 43.2 Å². The fourth-order valence-electron chi connectivity index (χ4n) is 4.02. The predicted molar refractivity (Wildman–Crippen MR) is 109 cm³/mol. The topological polar surface area (TPSA) is 68.5 Å². The highest BCUT2D eigenvalue weighted by Gasteiger charge is 2.36. The Balaban J connectivity index is 1.72. The summed E-state index contributed by atoms with van der Waals surface area (Å²) < 4.78 is 41.2. The van der Waals surface area contributed by atoms with Crippen LogP contribution in [0.2, 0.25) is 0 Å². The van der Waals surface area contributed by atoms with Crippen LogP contribution < -0.4 is 4.72 Å². The molecule has 1 fully saturated rings. The lowest BCUT2D eigenvalue weighted by Gasteiger charge is -2.37. The molecule has 4 rings (SSSR count). The fraction of sp³-hybridized carbons (Fsp3) is 0.400. The van der Waals surface area contributed by atoms with Gasteiger partial charge in [-0.15, -0.1) is 0 Å². The lowest BCUT2D eigenvalue weighted by atomic mass is 9.83. The summed E-state index contributed by atoms with van der Waals surface area (Å²) in [7, 11) is -2.06.